The van der Waals surface area contributed by atoms with Gasteiger partial charge in [0.2, 0.25) is 5.88 Å². The SMILES string of the molecule is COc1cccc(-n2c(O)c(C=Nc3cccc4nonc34)c(=O)[nH]c2=O)c1. The van der Waals surface area contributed by atoms with Crippen LogP contribution < -0.4 is 16.0 Å². The van der Waals surface area contributed by atoms with Crippen molar-refractivity contribution in [3.63, 3.8) is 0 Å². The Morgan fingerprint density at radius 1 is 1.21 bits per heavy atom. The van der Waals surface area contributed by atoms with E-state index in [9.17, 15) is 14.7 Å². The Kier molecular flexibility index (Phi) is 4.20. The first-order valence-corrected chi connectivity index (χ1v) is 8.06. The number of aromatic nitrogens is 4. The number of aromatic hydroxyl groups is 1. The van der Waals surface area contributed by atoms with Crippen molar-refractivity contribution in [1.82, 2.24) is 19.9 Å². The normalized spacial score (nSPS) is 11.3. The van der Waals surface area contributed by atoms with Gasteiger partial charge in [0.1, 0.15) is 16.8 Å². The molecule has 0 radical (unpaired) electrons. The number of hydrogen-bond acceptors (Lipinski definition) is 8. The molecule has 0 aliphatic heterocycles. The van der Waals surface area contributed by atoms with Crippen molar-refractivity contribution < 1.29 is 14.5 Å². The molecule has 0 saturated heterocycles. The molecule has 0 bridgehead atoms. The number of aliphatic imine (C=N–C) groups is 1. The molecule has 0 spiro atoms. The minimum atomic E-state index is -0.796. The van der Waals surface area contributed by atoms with Crippen molar-refractivity contribution in [2.45, 2.75) is 0 Å². The van der Waals surface area contributed by atoms with Gasteiger partial charge >= 0.3 is 5.69 Å². The summed E-state index contributed by atoms with van der Waals surface area (Å²) in [6, 6.07) is 11.5. The molecule has 10 nitrogen and oxygen atoms in total. The molecule has 2 aromatic carbocycles. The third-order valence-corrected chi connectivity index (χ3v) is 4.03. The Hall–Kier alpha value is -4.21. The summed E-state index contributed by atoms with van der Waals surface area (Å²) in [5.41, 5.74) is -0.181. The van der Waals surface area contributed by atoms with Crippen molar-refractivity contribution in [2.24, 2.45) is 4.99 Å². The van der Waals surface area contributed by atoms with Crippen LogP contribution in [0.25, 0.3) is 16.7 Å². The summed E-state index contributed by atoms with van der Waals surface area (Å²) in [4.78, 5) is 30.8. The van der Waals surface area contributed by atoms with E-state index in [1.54, 1.807) is 42.5 Å². The average molecular weight is 379 g/mol. The Bertz CT molecular complexity index is 1320. The molecule has 0 aliphatic carbocycles. The molecule has 0 amide bonds. The number of aromatic amines is 1. The van der Waals surface area contributed by atoms with Crippen molar-refractivity contribution in [3.8, 4) is 17.3 Å². The van der Waals surface area contributed by atoms with Gasteiger partial charge in [-0.25, -0.2) is 14.0 Å². The van der Waals surface area contributed by atoms with Gasteiger partial charge in [0.25, 0.3) is 5.56 Å². The number of nitrogens with one attached hydrogen (secondary N) is 1. The molecule has 4 rings (SSSR count). The zero-order chi connectivity index (χ0) is 19.7. The van der Waals surface area contributed by atoms with Crippen LogP contribution in [0.5, 0.6) is 11.6 Å². The first-order valence-electron chi connectivity index (χ1n) is 8.06. The molecule has 0 saturated carbocycles. The van der Waals surface area contributed by atoms with Crippen molar-refractivity contribution >= 4 is 22.9 Å². The summed E-state index contributed by atoms with van der Waals surface area (Å²) < 4.78 is 10.8. The number of H-pyrrole nitrogens is 1. The zero-order valence-corrected chi connectivity index (χ0v) is 14.5. The van der Waals surface area contributed by atoms with Crippen molar-refractivity contribution in [1.29, 1.82) is 0 Å². The minimum absolute atomic E-state index is 0.198. The van der Waals surface area contributed by atoms with Gasteiger partial charge in [-0.2, -0.15) is 0 Å². The van der Waals surface area contributed by atoms with Crippen LogP contribution in [0.15, 0.2) is 61.7 Å². The predicted octanol–water partition coefficient (Wildman–Crippen LogP) is 1.53. The van der Waals surface area contributed by atoms with E-state index < -0.39 is 17.1 Å². The van der Waals surface area contributed by atoms with Crippen LogP contribution in [-0.2, 0) is 0 Å². The highest BCUT2D eigenvalue weighted by Crippen LogP contribution is 2.23. The molecule has 2 N–H and O–H groups in total. The lowest BCUT2D eigenvalue weighted by atomic mass is 10.2. The Morgan fingerprint density at radius 2 is 2.04 bits per heavy atom. The molecule has 2 aromatic heterocycles. The lowest BCUT2D eigenvalue weighted by molar-refractivity contribution is 0.315. The predicted molar refractivity (Wildman–Crippen MR) is 99.9 cm³/mol. The minimum Gasteiger partial charge on any atom is -0.497 e. The van der Waals surface area contributed by atoms with Gasteiger partial charge in [-0.3, -0.25) is 14.8 Å². The van der Waals surface area contributed by atoms with E-state index in [0.29, 0.717) is 28.2 Å². The molecule has 4 aromatic rings. The lowest BCUT2D eigenvalue weighted by Crippen LogP contribution is -2.31. The second kappa shape index (κ2) is 6.83. The maximum absolute atomic E-state index is 12.3. The van der Waals surface area contributed by atoms with Gasteiger partial charge in [0, 0.05) is 12.3 Å². The van der Waals surface area contributed by atoms with Gasteiger partial charge in [0.05, 0.1) is 18.5 Å². The van der Waals surface area contributed by atoms with Crippen molar-refractivity contribution in [3.05, 3.63) is 68.9 Å². The molecular weight excluding hydrogens is 366 g/mol. The van der Waals surface area contributed by atoms with Crippen LogP contribution in [0.2, 0.25) is 0 Å². The smallest absolute Gasteiger partial charge is 0.335 e. The third-order valence-electron chi connectivity index (χ3n) is 4.03. The maximum Gasteiger partial charge on any atom is 0.335 e. The van der Waals surface area contributed by atoms with Crippen LogP contribution >= 0.6 is 0 Å². The molecule has 2 heterocycles. The summed E-state index contributed by atoms with van der Waals surface area (Å²) >= 11 is 0. The second-order valence-corrected chi connectivity index (χ2v) is 5.70. The fraction of sp³-hybridized carbons (Fsp3) is 0.0556. The van der Waals surface area contributed by atoms with Gasteiger partial charge in [0.15, 0.2) is 5.52 Å². The highest BCUT2D eigenvalue weighted by atomic mass is 16.6. The van der Waals surface area contributed by atoms with E-state index in [1.165, 1.54) is 7.11 Å². The van der Waals surface area contributed by atoms with Crippen LogP contribution in [-0.4, -0.2) is 38.3 Å². The fourth-order valence-corrected chi connectivity index (χ4v) is 2.67. The Balaban J connectivity index is 1.85. The van der Waals surface area contributed by atoms with E-state index in [1.807, 2.05) is 0 Å². The standard InChI is InChI=1S/C18H13N5O5/c1-27-11-5-2-4-10(8-11)23-17(25)12(16(24)20-18(23)26)9-19-13-6-3-7-14-15(13)22-28-21-14/h2-9,25H,1H3,(H,20,24,26). The van der Waals surface area contributed by atoms with E-state index >= 15 is 0 Å². The van der Waals surface area contributed by atoms with Crippen LogP contribution in [0.3, 0.4) is 0 Å². The van der Waals surface area contributed by atoms with E-state index in [2.05, 4.69) is 24.9 Å². The van der Waals surface area contributed by atoms with Gasteiger partial charge in [-0.15, -0.1) is 0 Å². The number of methoxy groups -OCH3 is 1. The molecule has 10 heteroatoms. The summed E-state index contributed by atoms with van der Waals surface area (Å²) in [6.45, 7) is 0. The number of nitrogens with zero attached hydrogens (tertiary/aromatic N) is 4. The number of fused-ring (bicyclic) bond motifs is 1. The zero-order valence-electron chi connectivity index (χ0n) is 14.5. The van der Waals surface area contributed by atoms with Crippen molar-refractivity contribution in [2.75, 3.05) is 7.11 Å². The molecule has 140 valence electrons. The highest BCUT2D eigenvalue weighted by molar-refractivity contribution is 5.91. The molecule has 0 atom stereocenters. The number of rotatable bonds is 4. The molecular formula is C18H13N5O5. The first-order chi connectivity index (χ1) is 13.6. The largest absolute Gasteiger partial charge is 0.497 e. The first kappa shape index (κ1) is 17.2. The van der Waals surface area contributed by atoms with Gasteiger partial charge in [-0.1, -0.05) is 12.1 Å². The van der Waals surface area contributed by atoms with Crippen LogP contribution in [0.4, 0.5) is 5.69 Å². The molecule has 0 unspecified atom stereocenters. The highest BCUT2D eigenvalue weighted by Gasteiger charge is 2.15. The average Bonchev–Trinajstić information content (AvgIpc) is 3.17. The number of benzene rings is 2. The van der Waals surface area contributed by atoms with E-state index in [-0.39, 0.29) is 5.56 Å². The Labute approximate surface area is 156 Å². The Morgan fingerprint density at radius 3 is 2.86 bits per heavy atom. The monoisotopic (exact) mass is 379 g/mol. The van der Waals surface area contributed by atoms with Gasteiger partial charge < -0.3 is 9.84 Å². The van der Waals surface area contributed by atoms with Crippen LogP contribution in [0.1, 0.15) is 5.56 Å². The van der Waals surface area contributed by atoms with Gasteiger partial charge in [-0.05, 0) is 34.6 Å². The number of ether oxygens (including phenoxy) is 1. The second-order valence-electron chi connectivity index (χ2n) is 5.70. The lowest BCUT2D eigenvalue weighted by Gasteiger charge is -2.10. The summed E-state index contributed by atoms with van der Waals surface area (Å²) in [5.74, 6) is -0.0772. The molecule has 0 fully saturated rings. The van der Waals surface area contributed by atoms with E-state index in [4.69, 9.17) is 4.74 Å². The topological polar surface area (TPSA) is 136 Å². The molecule has 28 heavy (non-hydrogen) atoms. The summed E-state index contributed by atoms with van der Waals surface area (Å²) in [5, 5.41) is 18.1. The fourth-order valence-electron chi connectivity index (χ4n) is 2.67. The van der Waals surface area contributed by atoms with Crippen LogP contribution in [0, 0.1) is 0 Å². The number of hydrogen-bond donors (Lipinski definition) is 2. The summed E-state index contributed by atoms with van der Waals surface area (Å²) in [6.07, 6.45) is 1.15. The van der Waals surface area contributed by atoms with E-state index in [0.717, 1.165) is 10.8 Å². The maximum atomic E-state index is 12.3. The third kappa shape index (κ3) is 2.92. The summed E-state index contributed by atoms with van der Waals surface area (Å²) in [7, 11) is 1.48. The quantitative estimate of drug-likeness (QED) is 0.513. The molecule has 0 aliphatic rings.